The van der Waals surface area contributed by atoms with Gasteiger partial charge in [0.1, 0.15) is 5.75 Å². The molecule has 3 amide bonds. The maximum atomic E-state index is 12.4. The van der Waals surface area contributed by atoms with Gasteiger partial charge in [0.25, 0.3) is 0 Å². The summed E-state index contributed by atoms with van der Waals surface area (Å²) in [6.45, 7) is 7.97. The summed E-state index contributed by atoms with van der Waals surface area (Å²) in [7, 11) is 0. The highest BCUT2D eigenvalue weighted by molar-refractivity contribution is 5.91. The number of likely N-dealkylation sites (N-methyl/N-ethyl adjacent to an activating group) is 1. The van der Waals surface area contributed by atoms with Crippen molar-refractivity contribution < 1.29 is 14.3 Å². The number of para-hydroxylation sites is 2. The van der Waals surface area contributed by atoms with Gasteiger partial charge in [0.05, 0.1) is 18.8 Å². The molecule has 0 atom stereocenters. The van der Waals surface area contributed by atoms with Gasteiger partial charge in [0.15, 0.2) is 0 Å². The first-order valence-corrected chi connectivity index (χ1v) is 8.40. The molecule has 2 rings (SSSR count). The highest BCUT2D eigenvalue weighted by atomic mass is 16.5. The quantitative estimate of drug-likeness (QED) is 0.824. The fourth-order valence-corrected chi connectivity index (χ4v) is 2.61. The Kier molecular flexibility index (Phi) is 6.87. The lowest BCUT2D eigenvalue weighted by molar-refractivity contribution is -0.122. The average molecular weight is 334 g/mol. The number of urea groups is 1. The third-order valence-electron chi connectivity index (χ3n) is 3.83. The molecule has 1 saturated heterocycles. The third kappa shape index (κ3) is 5.13. The van der Waals surface area contributed by atoms with E-state index >= 15 is 0 Å². The van der Waals surface area contributed by atoms with E-state index in [1.807, 2.05) is 38.1 Å². The van der Waals surface area contributed by atoms with E-state index in [1.165, 1.54) is 0 Å². The molecule has 1 heterocycles. The average Bonchev–Trinajstić information content (AvgIpc) is 2.57. The summed E-state index contributed by atoms with van der Waals surface area (Å²) in [5.41, 5.74) is 0.675. The van der Waals surface area contributed by atoms with Crippen molar-refractivity contribution in [1.82, 2.24) is 15.1 Å². The van der Waals surface area contributed by atoms with Crippen LogP contribution in [-0.4, -0.2) is 67.6 Å². The molecule has 132 valence electrons. The molecule has 0 aromatic heterocycles. The fraction of sp³-hybridized carbons (Fsp3) is 0.529. The second kappa shape index (κ2) is 9.12. The number of carbonyl (C=O) groups excluding carboxylic acids is 2. The summed E-state index contributed by atoms with van der Waals surface area (Å²) < 4.78 is 5.52. The summed E-state index contributed by atoms with van der Waals surface area (Å²) >= 11 is 0. The van der Waals surface area contributed by atoms with Crippen LogP contribution in [0.4, 0.5) is 10.5 Å². The molecular formula is C17H26N4O3. The van der Waals surface area contributed by atoms with E-state index in [1.54, 1.807) is 4.90 Å². The van der Waals surface area contributed by atoms with Gasteiger partial charge < -0.3 is 20.3 Å². The molecule has 24 heavy (non-hydrogen) atoms. The number of rotatable bonds is 6. The van der Waals surface area contributed by atoms with Gasteiger partial charge >= 0.3 is 6.03 Å². The van der Waals surface area contributed by atoms with Crippen LogP contribution < -0.4 is 15.4 Å². The maximum absolute atomic E-state index is 12.4. The molecule has 7 heteroatoms. The Morgan fingerprint density at radius 2 is 1.83 bits per heavy atom. The Morgan fingerprint density at radius 1 is 1.12 bits per heavy atom. The Hall–Kier alpha value is -2.28. The molecule has 0 spiro atoms. The molecule has 0 radical (unpaired) electrons. The van der Waals surface area contributed by atoms with Gasteiger partial charge in [-0.25, -0.2) is 4.79 Å². The molecule has 2 N–H and O–H groups in total. The predicted octanol–water partition coefficient (Wildman–Crippen LogP) is 1.37. The van der Waals surface area contributed by atoms with Crippen molar-refractivity contribution in [2.45, 2.75) is 13.8 Å². The lowest BCUT2D eigenvalue weighted by atomic mass is 10.3. The predicted molar refractivity (Wildman–Crippen MR) is 93.3 cm³/mol. The van der Waals surface area contributed by atoms with Crippen molar-refractivity contribution >= 4 is 17.6 Å². The zero-order chi connectivity index (χ0) is 17.4. The van der Waals surface area contributed by atoms with E-state index in [-0.39, 0.29) is 11.9 Å². The van der Waals surface area contributed by atoms with E-state index < -0.39 is 0 Å². The van der Waals surface area contributed by atoms with Crippen LogP contribution in [0.25, 0.3) is 0 Å². The fourth-order valence-electron chi connectivity index (χ4n) is 2.61. The van der Waals surface area contributed by atoms with Crippen LogP contribution in [0.3, 0.4) is 0 Å². The monoisotopic (exact) mass is 334 g/mol. The molecule has 1 aliphatic rings. The first-order chi connectivity index (χ1) is 11.6. The maximum Gasteiger partial charge on any atom is 0.322 e. The van der Waals surface area contributed by atoms with Gasteiger partial charge in [-0.2, -0.15) is 0 Å². The van der Waals surface area contributed by atoms with Crippen molar-refractivity contribution in [2.75, 3.05) is 51.2 Å². The minimum Gasteiger partial charge on any atom is -0.492 e. The summed E-state index contributed by atoms with van der Waals surface area (Å²) in [5, 5.41) is 5.70. The lowest BCUT2D eigenvalue weighted by Gasteiger charge is -2.34. The van der Waals surface area contributed by atoms with Crippen LogP contribution >= 0.6 is 0 Å². The van der Waals surface area contributed by atoms with E-state index in [0.717, 1.165) is 0 Å². The Balaban J connectivity index is 1.84. The lowest BCUT2D eigenvalue weighted by Crippen LogP contribution is -2.52. The van der Waals surface area contributed by atoms with E-state index in [9.17, 15) is 9.59 Å². The molecule has 0 aliphatic carbocycles. The molecule has 0 saturated carbocycles. The standard InChI is InChI=1S/C17H26N4O3/c1-3-18-16(22)13-20-9-11-21(12-10-20)17(23)19-14-7-5-6-8-15(14)24-4-2/h5-8H,3-4,9-13H2,1-2H3,(H,18,22)(H,19,23). The molecule has 7 nitrogen and oxygen atoms in total. The summed E-state index contributed by atoms with van der Waals surface area (Å²) in [6, 6.07) is 7.26. The van der Waals surface area contributed by atoms with Gasteiger partial charge in [-0.3, -0.25) is 9.69 Å². The number of anilines is 1. The van der Waals surface area contributed by atoms with Crippen molar-refractivity contribution in [2.24, 2.45) is 0 Å². The molecule has 0 unspecified atom stereocenters. The Morgan fingerprint density at radius 3 is 2.50 bits per heavy atom. The topological polar surface area (TPSA) is 73.9 Å². The Bertz CT molecular complexity index is 557. The van der Waals surface area contributed by atoms with Crippen molar-refractivity contribution in [3.63, 3.8) is 0 Å². The third-order valence-corrected chi connectivity index (χ3v) is 3.83. The number of hydrogen-bond donors (Lipinski definition) is 2. The number of nitrogens with one attached hydrogen (secondary N) is 2. The molecule has 0 bridgehead atoms. The largest absolute Gasteiger partial charge is 0.492 e. The number of ether oxygens (including phenoxy) is 1. The van der Waals surface area contributed by atoms with E-state index in [0.29, 0.717) is 57.3 Å². The summed E-state index contributed by atoms with van der Waals surface area (Å²) in [6.07, 6.45) is 0. The van der Waals surface area contributed by atoms with Crippen molar-refractivity contribution in [3.05, 3.63) is 24.3 Å². The summed E-state index contributed by atoms with van der Waals surface area (Å²) in [5.74, 6) is 0.698. The van der Waals surface area contributed by atoms with Crippen LogP contribution in [0, 0.1) is 0 Å². The van der Waals surface area contributed by atoms with Gasteiger partial charge in [-0.05, 0) is 26.0 Å². The van der Waals surface area contributed by atoms with Gasteiger partial charge in [-0.15, -0.1) is 0 Å². The highest BCUT2D eigenvalue weighted by Crippen LogP contribution is 2.24. The van der Waals surface area contributed by atoms with Crippen molar-refractivity contribution in [1.29, 1.82) is 0 Å². The van der Waals surface area contributed by atoms with Crippen LogP contribution in [0.2, 0.25) is 0 Å². The number of nitrogens with zero attached hydrogens (tertiary/aromatic N) is 2. The zero-order valence-electron chi connectivity index (χ0n) is 14.4. The van der Waals surface area contributed by atoms with Crippen LogP contribution in [0.1, 0.15) is 13.8 Å². The first kappa shape index (κ1) is 18.1. The van der Waals surface area contributed by atoms with E-state index in [4.69, 9.17) is 4.74 Å². The van der Waals surface area contributed by atoms with Crippen LogP contribution in [0.15, 0.2) is 24.3 Å². The SMILES string of the molecule is CCNC(=O)CN1CCN(C(=O)Nc2ccccc2OCC)CC1. The molecular weight excluding hydrogens is 308 g/mol. The normalized spacial score (nSPS) is 15.0. The second-order valence-corrected chi connectivity index (χ2v) is 5.58. The molecule has 1 aromatic rings. The number of carbonyl (C=O) groups is 2. The number of hydrogen-bond acceptors (Lipinski definition) is 4. The smallest absolute Gasteiger partial charge is 0.322 e. The van der Waals surface area contributed by atoms with Crippen molar-refractivity contribution in [3.8, 4) is 5.75 Å². The second-order valence-electron chi connectivity index (χ2n) is 5.58. The minimum absolute atomic E-state index is 0.0287. The first-order valence-electron chi connectivity index (χ1n) is 8.40. The Labute approximate surface area is 142 Å². The number of amides is 3. The van der Waals surface area contributed by atoms with Gasteiger partial charge in [0.2, 0.25) is 5.91 Å². The number of benzene rings is 1. The van der Waals surface area contributed by atoms with Gasteiger partial charge in [0, 0.05) is 32.7 Å². The van der Waals surface area contributed by atoms with Crippen LogP contribution in [0.5, 0.6) is 5.75 Å². The van der Waals surface area contributed by atoms with Crippen LogP contribution in [-0.2, 0) is 4.79 Å². The highest BCUT2D eigenvalue weighted by Gasteiger charge is 2.22. The molecule has 1 fully saturated rings. The molecule has 1 aliphatic heterocycles. The van der Waals surface area contributed by atoms with Gasteiger partial charge in [-0.1, -0.05) is 12.1 Å². The minimum atomic E-state index is -0.139. The summed E-state index contributed by atoms with van der Waals surface area (Å²) in [4.78, 5) is 27.8. The molecule has 1 aromatic carbocycles. The zero-order valence-corrected chi connectivity index (χ0v) is 14.4. The van der Waals surface area contributed by atoms with E-state index in [2.05, 4.69) is 15.5 Å². The number of piperazine rings is 1.